The predicted octanol–water partition coefficient (Wildman–Crippen LogP) is 12.1. The molecule has 9 heteroatoms. The summed E-state index contributed by atoms with van der Waals surface area (Å²) < 4.78 is 22.9. The van der Waals surface area contributed by atoms with E-state index in [1.54, 1.807) is 0 Å². The first-order valence-electron chi connectivity index (χ1n) is 25.2. The van der Waals surface area contributed by atoms with Crippen LogP contribution >= 0.6 is 0 Å². The molecule has 1 fully saturated rings. The molecule has 0 bridgehead atoms. The van der Waals surface area contributed by atoms with E-state index >= 15 is 0 Å². The molecule has 0 radical (unpaired) electrons. The minimum atomic E-state index is -1.54. The van der Waals surface area contributed by atoms with Gasteiger partial charge in [-0.2, -0.15) is 0 Å². The van der Waals surface area contributed by atoms with E-state index in [1.165, 1.54) is 135 Å². The average Bonchev–Trinajstić information content (AvgIpc) is 3.26. The summed E-state index contributed by atoms with van der Waals surface area (Å²) in [5.74, 6) is -0.326. The first kappa shape index (κ1) is 57.2. The molecule has 1 aliphatic heterocycles. The molecule has 6 unspecified atom stereocenters. The van der Waals surface area contributed by atoms with E-state index in [2.05, 4.69) is 62.5 Å². The van der Waals surface area contributed by atoms with Crippen molar-refractivity contribution in [1.82, 2.24) is 0 Å². The third-order valence-electron chi connectivity index (χ3n) is 11.5. The second-order valence-electron chi connectivity index (χ2n) is 17.3. The van der Waals surface area contributed by atoms with Gasteiger partial charge >= 0.3 is 5.97 Å². The lowest BCUT2D eigenvalue weighted by molar-refractivity contribution is -0.305. The smallest absolute Gasteiger partial charge is 0.306 e. The van der Waals surface area contributed by atoms with E-state index in [9.17, 15) is 25.2 Å². The largest absolute Gasteiger partial charge is 0.457 e. The van der Waals surface area contributed by atoms with Crippen molar-refractivity contribution in [3.8, 4) is 0 Å². The second-order valence-corrected chi connectivity index (χ2v) is 17.3. The zero-order chi connectivity index (χ0) is 44.3. The Labute approximate surface area is 373 Å². The zero-order valence-corrected chi connectivity index (χ0v) is 39.2. The van der Waals surface area contributed by atoms with Crippen molar-refractivity contribution in [2.75, 3.05) is 26.4 Å². The Morgan fingerprint density at radius 3 is 1.48 bits per heavy atom. The van der Waals surface area contributed by atoms with Gasteiger partial charge in [0.25, 0.3) is 0 Å². The topological polar surface area (TPSA) is 135 Å². The molecule has 1 heterocycles. The number of allylic oxidation sites excluding steroid dienone is 8. The molecule has 0 aliphatic carbocycles. The molecular formula is C52H94O9. The summed E-state index contributed by atoms with van der Waals surface area (Å²) >= 11 is 0. The first-order valence-corrected chi connectivity index (χ1v) is 25.2. The fourth-order valence-electron chi connectivity index (χ4n) is 7.49. The molecule has 0 spiro atoms. The molecule has 1 saturated heterocycles. The van der Waals surface area contributed by atoms with Gasteiger partial charge in [-0.3, -0.25) is 4.79 Å². The molecule has 6 atom stereocenters. The van der Waals surface area contributed by atoms with Crippen LogP contribution < -0.4 is 0 Å². The van der Waals surface area contributed by atoms with Crippen LogP contribution in [0.25, 0.3) is 0 Å². The number of carbonyl (C=O) groups is 1. The highest BCUT2D eigenvalue weighted by atomic mass is 16.7. The number of carbonyl (C=O) groups excluding carboxylic acids is 1. The van der Waals surface area contributed by atoms with Crippen molar-refractivity contribution < 1.29 is 44.2 Å². The van der Waals surface area contributed by atoms with Gasteiger partial charge in [0.2, 0.25) is 0 Å². The lowest BCUT2D eigenvalue weighted by Crippen LogP contribution is -2.59. The number of esters is 1. The Morgan fingerprint density at radius 2 is 0.951 bits per heavy atom. The second kappa shape index (κ2) is 43.4. The molecule has 1 aliphatic rings. The van der Waals surface area contributed by atoms with Crippen LogP contribution in [0.5, 0.6) is 0 Å². The highest BCUT2D eigenvalue weighted by molar-refractivity contribution is 5.69. The summed E-state index contributed by atoms with van der Waals surface area (Å²) in [7, 11) is 0. The number of hydrogen-bond acceptors (Lipinski definition) is 9. The Morgan fingerprint density at radius 1 is 0.525 bits per heavy atom. The normalized spacial score (nSPS) is 20.3. The van der Waals surface area contributed by atoms with Crippen LogP contribution in [0.4, 0.5) is 0 Å². The predicted molar refractivity (Wildman–Crippen MR) is 251 cm³/mol. The third-order valence-corrected chi connectivity index (χ3v) is 11.5. The molecule has 0 amide bonds. The molecule has 61 heavy (non-hydrogen) atoms. The molecule has 4 N–H and O–H groups in total. The van der Waals surface area contributed by atoms with Gasteiger partial charge in [-0.15, -0.1) is 0 Å². The van der Waals surface area contributed by atoms with E-state index in [0.717, 1.165) is 57.8 Å². The number of rotatable bonds is 43. The third kappa shape index (κ3) is 34.3. The first-order chi connectivity index (χ1) is 29.9. The van der Waals surface area contributed by atoms with Crippen molar-refractivity contribution in [2.45, 2.75) is 250 Å². The van der Waals surface area contributed by atoms with Crippen molar-refractivity contribution in [3.63, 3.8) is 0 Å². The molecule has 0 aromatic heterocycles. The van der Waals surface area contributed by atoms with E-state index in [0.29, 0.717) is 13.0 Å². The van der Waals surface area contributed by atoms with Crippen molar-refractivity contribution in [3.05, 3.63) is 48.6 Å². The van der Waals surface area contributed by atoms with Gasteiger partial charge in [-0.1, -0.05) is 178 Å². The monoisotopic (exact) mass is 863 g/mol. The van der Waals surface area contributed by atoms with Gasteiger partial charge in [0.05, 0.1) is 19.8 Å². The van der Waals surface area contributed by atoms with E-state index in [1.807, 2.05) is 0 Å². The van der Waals surface area contributed by atoms with Crippen molar-refractivity contribution in [1.29, 1.82) is 0 Å². The Balaban J connectivity index is 2.23. The number of unbranched alkanes of at least 4 members (excludes halogenated alkanes) is 24. The molecule has 1 rings (SSSR count). The van der Waals surface area contributed by atoms with Gasteiger partial charge in [-0.05, 0) is 77.0 Å². The van der Waals surface area contributed by atoms with Gasteiger partial charge in [-0.25, -0.2) is 0 Å². The van der Waals surface area contributed by atoms with Gasteiger partial charge in [0.15, 0.2) is 6.29 Å². The lowest BCUT2D eigenvalue weighted by Gasteiger charge is -2.39. The summed E-state index contributed by atoms with van der Waals surface area (Å²) in [6, 6.07) is 0. The highest BCUT2D eigenvalue weighted by Gasteiger charge is 2.44. The maximum atomic E-state index is 12.8. The standard InChI is InChI=1S/C52H94O9/c1-3-5-7-9-11-13-15-17-19-21-23-25-27-29-31-33-35-37-39-41-48(54)60-46(45-59-52-51(57)50(56)49(55)47(43-53)61-52)44-58-42-40-38-36-34-32-30-28-26-24-22-20-18-16-14-12-10-8-6-4-2/h11,13,17,19-20,22-23,25,46-47,49-53,55-57H,3-10,12,14-16,18,21,24,26-45H2,1-2H3/b13-11-,19-17-,22-20-,25-23-. The van der Waals surface area contributed by atoms with Gasteiger partial charge < -0.3 is 39.4 Å². The number of aliphatic hydroxyl groups excluding tert-OH is 4. The van der Waals surface area contributed by atoms with Crippen LogP contribution in [0.3, 0.4) is 0 Å². The summed E-state index contributed by atoms with van der Waals surface area (Å²) in [6.07, 6.45) is 47.1. The summed E-state index contributed by atoms with van der Waals surface area (Å²) in [4.78, 5) is 12.8. The average molecular weight is 863 g/mol. The fraction of sp³-hybridized carbons (Fsp3) is 0.827. The van der Waals surface area contributed by atoms with E-state index < -0.39 is 43.4 Å². The van der Waals surface area contributed by atoms with Crippen LogP contribution in [0.1, 0.15) is 213 Å². The maximum absolute atomic E-state index is 12.8. The van der Waals surface area contributed by atoms with Crippen LogP contribution in [0.15, 0.2) is 48.6 Å². The van der Waals surface area contributed by atoms with E-state index in [-0.39, 0.29) is 19.2 Å². The minimum Gasteiger partial charge on any atom is -0.457 e. The minimum absolute atomic E-state index is 0.120. The summed E-state index contributed by atoms with van der Waals surface area (Å²) in [6.45, 7) is 4.52. The lowest BCUT2D eigenvalue weighted by atomic mass is 9.99. The number of aliphatic hydroxyl groups is 4. The fourth-order valence-corrected chi connectivity index (χ4v) is 7.49. The van der Waals surface area contributed by atoms with Gasteiger partial charge in [0.1, 0.15) is 30.5 Å². The SMILES string of the molecule is CCCCC/C=C\C/C=C\C/C=C\CCCCCCCCC(=O)OC(COCCCCCCCCCC/C=C\CCCCCCCCC)COC1OC(CO)C(O)C(O)C1O. The van der Waals surface area contributed by atoms with Crippen LogP contribution in [-0.2, 0) is 23.7 Å². The Kier molecular flexibility index (Phi) is 40.7. The number of hydrogen-bond donors (Lipinski definition) is 4. The summed E-state index contributed by atoms with van der Waals surface area (Å²) in [5.41, 5.74) is 0. The molecule has 0 saturated carbocycles. The summed E-state index contributed by atoms with van der Waals surface area (Å²) in [5, 5.41) is 40.2. The van der Waals surface area contributed by atoms with Crippen LogP contribution in [0.2, 0.25) is 0 Å². The maximum Gasteiger partial charge on any atom is 0.306 e. The zero-order valence-electron chi connectivity index (χ0n) is 39.2. The highest BCUT2D eigenvalue weighted by Crippen LogP contribution is 2.23. The van der Waals surface area contributed by atoms with Gasteiger partial charge in [0, 0.05) is 13.0 Å². The van der Waals surface area contributed by atoms with Crippen LogP contribution in [-0.4, -0.2) is 89.6 Å². The Hall–Kier alpha value is -1.85. The quantitative estimate of drug-likeness (QED) is 0.0268. The van der Waals surface area contributed by atoms with E-state index in [4.69, 9.17) is 18.9 Å². The molecule has 9 nitrogen and oxygen atoms in total. The van der Waals surface area contributed by atoms with Crippen molar-refractivity contribution in [2.24, 2.45) is 0 Å². The molecular weight excluding hydrogens is 769 g/mol. The molecule has 0 aromatic rings. The molecule has 356 valence electrons. The van der Waals surface area contributed by atoms with Crippen molar-refractivity contribution >= 4 is 5.97 Å². The number of ether oxygens (including phenoxy) is 4. The van der Waals surface area contributed by atoms with Crippen LogP contribution in [0, 0.1) is 0 Å². The Bertz CT molecular complexity index is 1070. The molecule has 0 aromatic carbocycles.